The number of pyridine rings is 1. The Morgan fingerprint density at radius 1 is 1.12 bits per heavy atom. The molecule has 1 saturated carbocycles. The number of primary amides is 1. The van der Waals surface area contributed by atoms with Crippen molar-refractivity contribution in [2.45, 2.75) is 31.4 Å². The maximum absolute atomic E-state index is 13.9. The quantitative estimate of drug-likeness (QED) is 0.299. The molecule has 40 heavy (non-hydrogen) atoms. The number of carbonyl (C=O) groups is 4. The molecule has 208 valence electrons. The highest BCUT2D eigenvalue weighted by molar-refractivity contribution is 6.24. The predicted octanol–water partition coefficient (Wildman–Crippen LogP) is 0.984. The predicted molar refractivity (Wildman–Crippen MR) is 142 cm³/mol. The Morgan fingerprint density at radius 2 is 1.82 bits per heavy atom. The maximum Gasteiger partial charge on any atom is 0.255 e. The van der Waals surface area contributed by atoms with E-state index in [4.69, 9.17) is 5.73 Å². The average Bonchev–Trinajstić information content (AvgIpc) is 2.86. The SMILES string of the molecule is CC(=O)Nc1ccc(-c2ccc(O)c3c2C[C@H]2C[C@H]4C(N(C)C)C(=O)C(C(N)=O)=C(O)[C@]4(O)C(=O)C2=C3O)cn1. The van der Waals surface area contributed by atoms with Crippen molar-refractivity contribution in [2.24, 2.45) is 17.6 Å². The monoisotopic (exact) mass is 548 g/mol. The second kappa shape index (κ2) is 9.28. The molecule has 5 rings (SSSR count). The second-order valence-electron chi connectivity index (χ2n) is 10.6. The molecule has 0 radical (unpaired) electrons. The van der Waals surface area contributed by atoms with Gasteiger partial charge in [-0.1, -0.05) is 6.07 Å². The van der Waals surface area contributed by atoms with Crippen LogP contribution in [0.15, 0.2) is 47.4 Å². The van der Waals surface area contributed by atoms with Gasteiger partial charge >= 0.3 is 0 Å². The summed E-state index contributed by atoms with van der Waals surface area (Å²) >= 11 is 0. The third-order valence-corrected chi connectivity index (χ3v) is 7.98. The number of nitrogens with zero attached hydrogens (tertiary/aromatic N) is 2. The number of hydrogen-bond acceptors (Lipinski definition) is 10. The Balaban J connectivity index is 1.68. The average molecular weight is 549 g/mol. The Labute approximate surface area is 228 Å². The third kappa shape index (κ3) is 3.79. The maximum atomic E-state index is 13.9. The minimum atomic E-state index is -2.69. The summed E-state index contributed by atoms with van der Waals surface area (Å²) in [6, 6.07) is 5.14. The summed E-state index contributed by atoms with van der Waals surface area (Å²) < 4.78 is 0. The number of nitrogens with two attached hydrogens (primary N) is 1. The highest BCUT2D eigenvalue weighted by Crippen LogP contribution is 2.53. The van der Waals surface area contributed by atoms with Crippen LogP contribution < -0.4 is 11.1 Å². The number of amides is 2. The van der Waals surface area contributed by atoms with Gasteiger partial charge in [0.1, 0.15) is 28.7 Å². The van der Waals surface area contributed by atoms with Crippen molar-refractivity contribution in [3.63, 3.8) is 0 Å². The molecular weight excluding hydrogens is 520 g/mol. The minimum absolute atomic E-state index is 0.0133. The van der Waals surface area contributed by atoms with Crippen LogP contribution in [-0.4, -0.2) is 79.4 Å². The number of phenols is 1. The van der Waals surface area contributed by atoms with Crippen molar-refractivity contribution >= 4 is 35.0 Å². The van der Waals surface area contributed by atoms with E-state index in [1.54, 1.807) is 32.3 Å². The van der Waals surface area contributed by atoms with E-state index in [2.05, 4.69) is 10.3 Å². The number of aliphatic hydroxyl groups is 3. The highest BCUT2D eigenvalue weighted by Gasteiger charge is 2.64. The number of rotatable bonds is 4. The number of aromatic nitrogens is 1. The van der Waals surface area contributed by atoms with Gasteiger partial charge in [0.15, 0.2) is 11.4 Å². The van der Waals surface area contributed by atoms with E-state index in [0.29, 0.717) is 22.5 Å². The molecule has 7 N–H and O–H groups in total. The van der Waals surface area contributed by atoms with E-state index in [1.807, 2.05) is 0 Å². The van der Waals surface area contributed by atoms with Gasteiger partial charge in [-0.2, -0.15) is 0 Å². The van der Waals surface area contributed by atoms with Crippen molar-refractivity contribution < 1.29 is 39.6 Å². The largest absolute Gasteiger partial charge is 0.508 e. The number of benzene rings is 1. The molecule has 1 aromatic heterocycles. The molecule has 4 atom stereocenters. The standard InChI is InChI=1S/C28H28N4O8/c1-11(33)31-18-7-4-12(10-30-18)14-5-6-17(34)20-15(14)8-13-9-16-22(32(2)3)24(36)21(27(29)39)26(38)28(16,40)25(37)19(13)23(20)35/h4-7,10,13,16,22,34-35,38,40H,8-9H2,1-3H3,(H2,29,39)(H,30,31,33)/t13-,16-,22?,28+/m0/s1. The zero-order chi connectivity index (χ0) is 29.3. The van der Waals surface area contributed by atoms with E-state index < -0.39 is 58.0 Å². The van der Waals surface area contributed by atoms with Crippen molar-refractivity contribution in [3.8, 4) is 16.9 Å². The summed E-state index contributed by atoms with van der Waals surface area (Å²) in [5, 5.41) is 47.3. The number of aliphatic hydroxyl groups excluding tert-OH is 2. The van der Waals surface area contributed by atoms with Crippen LogP contribution in [0.5, 0.6) is 5.75 Å². The molecule has 1 aromatic carbocycles. The third-order valence-electron chi connectivity index (χ3n) is 7.98. The normalized spacial score (nSPS) is 25.9. The van der Waals surface area contributed by atoms with Crippen molar-refractivity contribution in [1.29, 1.82) is 0 Å². The smallest absolute Gasteiger partial charge is 0.255 e. The molecule has 12 nitrogen and oxygen atoms in total. The summed E-state index contributed by atoms with van der Waals surface area (Å²) in [6.07, 6.45) is 1.65. The van der Waals surface area contributed by atoms with Gasteiger partial charge < -0.3 is 31.5 Å². The topological polar surface area (TPSA) is 203 Å². The van der Waals surface area contributed by atoms with E-state index in [-0.39, 0.29) is 35.6 Å². The van der Waals surface area contributed by atoms with Gasteiger partial charge in [-0.3, -0.25) is 24.1 Å². The van der Waals surface area contributed by atoms with Gasteiger partial charge in [-0.25, -0.2) is 4.98 Å². The van der Waals surface area contributed by atoms with Gasteiger partial charge in [0, 0.05) is 30.2 Å². The van der Waals surface area contributed by atoms with E-state index >= 15 is 0 Å². The summed E-state index contributed by atoms with van der Waals surface area (Å²) in [7, 11) is 3.09. The molecule has 0 saturated heterocycles. The highest BCUT2D eigenvalue weighted by atomic mass is 16.3. The summed E-state index contributed by atoms with van der Waals surface area (Å²) in [5.74, 6) is -6.99. The van der Waals surface area contributed by atoms with Crippen LogP contribution in [0.3, 0.4) is 0 Å². The Kier molecular flexibility index (Phi) is 6.27. The molecule has 12 heteroatoms. The lowest BCUT2D eigenvalue weighted by atomic mass is 9.57. The van der Waals surface area contributed by atoms with Crippen molar-refractivity contribution in [3.05, 3.63) is 58.5 Å². The summed E-state index contributed by atoms with van der Waals surface area (Å²) in [5.41, 5.74) is 3.29. The van der Waals surface area contributed by atoms with Crippen LogP contribution in [0.25, 0.3) is 16.9 Å². The first-order valence-electron chi connectivity index (χ1n) is 12.5. The number of hydrogen-bond donors (Lipinski definition) is 6. The van der Waals surface area contributed by atoms with Gasteiger partial charge in [0.05, 0.1) is 11.6 Å². The zero-order valence-electron chi connectivity index (χ0n) is 21.9. The van der Waals surface area contributed by atoms with E-state index in [9.17, 15) is 39.6 Å². The molecule has 0 aliphatic heterocycles. The first kappa shape index (κ1) is 27.0. The van der Waals surface area contributed by atoms with Crippen molar-refractivity contribution in [1.82, 2.24) is 9.88 Å². The number of anilines is 1. The molecule has 3 aliphatic rings. The van der Waals surface area contributed by atoms with Crippen LogP contribution in [0, 0.1) is 11.8 Å². The van der Waals surface area contributed by atoms with Gasteiger partial charge in [0.25, 0.3) is 5.91 Å². The number of fused-ring (bicyclic) bond motifs is 3. The van der Waals surface area contributed by atoms with Gasteiger partial charge in [0.2, 0.25) is 11.7 Å². The van der Waals surface area contributed by atoms with Crippen LogP contribution >= 0.6 is 0 Å². The van der Waals surface area contributed by atoms with Gasteiger partial charge in [-0.15, -0.1) is 0 Å². The number of phenolic OH excluding ortho intramolecular Hbond substituents is 1. The fourth-order valence-corrected chi connectivity index (χ4v) is 6.32. The van der Waals surface area contributed by atoms with Crippen LogP contribution in [0.2, 0.25) is 0 Å². The van der Waals surface area contributed by atoms with Crippen molar-refractivity contribution in [2.75, 3.05) is 19.4 Å². The van der Waals surface area contributed by atoms with Crippen LogP contribution in [0.4, 0.5) is 5.82 Å². The lowest BCUT2D eigenvalue weighted by molar-refractivity contribution is -0.153. The minimum Gasteiger partial charge on any atom is -0.508 e. The molecule has 1 unspecified atom stereocenters. The molecule has 2 aromatic rings. The van der Waals surface area contributed by atoms with Crippen LogP contribution in [0.1, 0.15) is 24.5 Å². The first-order chi connectivity index (χ1) is 18.8. The number of aromatic hydroxyl groups is 1. The number of likely N-dealkylation sites (N-methyl/N-ethyl adjacent to an activating group) is 1. The lowest BCUT2D eigenvalue weighted by Gasteiger charge is -2.50. The second-order valence-corrected chi connectivity index (χ2v) is 10.6. The number of Topliss-reactive ketones (excluding diaryl/α,β-unsaturated/α-hetero) is 2. The Hall–Kier alpha value is -4.55. The molecule has 0 spiro atoms. The fraction of sp³-hybridized carbons (Fsp3) is 0.321. The van der Waals surface area contributed by atoms with E-state index in [1.165, 1.54) is 24.1 Å². The summed E-state index contributed by atoms with van der Waals surface area (Å²) in [6.45, 7) is 1.36. The fourth-order valence-electron chi connectivity index (χ4n) is 6.32. The molecule has 1 heterocycles. The first-order valence-corrected chi connectivity index (χ1v) is 12.5. The summed E-state index contributed by atoms with van der Waals surface area (Å²) in [4.78, 5) is 56.3. The van der Waals surface area contributed by atoms with Gasteiger partial charge in [-0.05, 0) is 62.2 Å². The Morgan fingerprint density at radius 3 is 2.40 bits per heavy atom. The number of nitrogens with one attached hydrogen (secondary N) is 1. The molecular formula is C28H28N4O8. The lowest BCUT2D eigenvalue weighted by Crippen LogP contribution is -2.65. The number of carbonyl (C=O) groups excluding carboxylic acids is 4. The zero-order valence-corrected chi connectivity index (χ0v) is 21.9. The van der Waals surface area contributed by atoms with Crippen LogP contribution in [-0.2, 0) is 25.6 Å². The number of ketones is 2. The molecule has 0 bridgehead atoms. The molecule has 1 fully saturated rings. The Bertz CT molecular complexity index is 1560. The molecule has 2 amide bonds. The van der Waals surface area contributed by atoms with E-state index in [0.717, 1.165) is 0 Å². The molecule has 3 aliphatic carbocycles.